The van der Waals surface area contributed by atoms with Gasteiger partial charge in [-0.3, -0.25) is 0 Å². The Labute approximate surface area is 113 Å². The van der Waals surface area contributed by atoms with Crippen molar-refractivity contribution in [3.05, 3.63) is 23.3 Å². The molecular weight excluding hydrogens is 242 g/mol. The highest BCUT2D eigenvalue weighted by Crippen LogP contribution is 2.48. The third kappa shape index (κ3) is 2.36. The molecule has 0 saturated heterocycles. The van der Waals surface area contributed by atoms with Crippen LogP contribution in [0.1, 0.15) is 36.8 Å². The SMILES string of the molecule is COc1cc(C)c(C2(N=C=O)CCCC2)c(OC)c1. The lowest BCUT2D eigenvalue weighted by molar-refractivity contribution is 0.368. The maximum absolute atomic E-state index is 10.8. The molecular formula is C15H19NO3. The lowest BCUT2D eigenvalue weighted by atomic mass is 9.85. The van der Waals surface area contributed by atoms with Crippen molar-refractivity contribution in [3.8, 4) is 11.5 Å². The number of isocyanates is 1. The fourth-order valence-corrected chi connectivity index (χ4v) is 3.06. The monoisotopic (exact) mass is 261 g/mol. The van der Waals surface area contributed by atoms with E-state index < -0.39 is 5.54 Å². The lowest BCUT2D eigenvalue weighted by Crippen LogP contribution is -2.21. The molecule has 0 atom stereocenters. The Kier molecular flexibility index (Phi) is 3.91. The van der Waals surface area contributed by atoms with Crippen molar-refractivity contribution in [2.45, 2.75) is 38.1 Å². The predicted octanol–water partition coefficient (Wildman–Crippen LogP) is 3.12. The van der Waals surface area contributed by atoms with Gasteiger partial charge in [0.2, 0.25) is 6.08 Å². The zero-order chi connectivity index (χ0) is 13.9. The molecule has 0 aliphatic heterocycles. The number of benzene rings is 1. The third-order valence-corrected chi connectivity index (χ3v) is 3.88. The summed E-state index contributed by atoms with van der Waals surface area (Å²) in [6, 6.07) is 3.81. The van der Waals surface area contributed by atoms with Gasteiger partial charge in [-0.2, -0.15) is 4.99 Å². The first-order chi connectivity index (χ1) is 9.16. The first kappa shape index (κ1) is 13.6. The first-order valence-corrected chi connectivity index (χ1v) is 6.49. The van der Waals surface area contributed by atoms with Crippen LogP contribution in [0.3, 0.4) is 0 Å². The summed E-state index contributed by atoms with van der Waals surface area (Å²) in [6.45, 7) is 2.00. The second-order valence-corrected chi connectivity index (χ2v) is 4.96. The van der Waals surface area contributed by atoms with Gasteiger partial charge < -0.3 is 9.47 Å². The zero-order valence-corrected chi connectivity index (χ0v) is 11.7. The van der Waals surface area contributed by atoms with Gasteiger partial charge in [0, 0.05) is 11.6 Å². The quantitative estimate of drug-likeness (QED) is 0.618. The van der Waals surface area contributed by atoms with Crippen LogP contribution in [-0.4, -0.2) is 20.3 Å². The van der Waals surface area contributed by atoms with E-state index in [-0.39, 0.29) is 0 Å². The van der Waals surface area contributed by atoms with Crippen LogP contribution in [0.25, 0.3) is 0 Å². The Bertz CT molecular complexity index is 512. The molecule has 1 aliphatic carbocycles. The molecule has 19 heavy (non-hydrogen) atoms. The average molecular weight is 261 g/mol. The fraction of sp³-hybridized carbons (Fsp3) is 0.533. The number of methoxy groups -OCH3 is 2. The first-order valence-electron chi connectivity index (χ1n) is 6.49. The molecule has 4 heteroatoms. The Morgan fingerprint density at radius 2 is 1.89 bits per heavy atom. The van der Waals surface area contributed by atoms with E-state index in [9.17, 15) is 4.79 Å². The highest BCUT2D eigenvalue weighted by molar-refractivity contribution is 5.52. The van der Waals surface area contributed by atoms with Gasteiger partial charge in [0.05, 0.1) is 14.2 Å². The second-order valence-electron chi connectivity index (χ2n) is 4.96. The maximum Gasteiger partial charge on any atom is 0.235 e. The molecule has 2 rings (SSSR count). The minimum atomic E-state index is -0.469. The maximum atomic E-state index is 10.8. The van der Waals surface area contributed by atoms with Crippen LogP contribution in [0.2, 0.25) is 0 Å². The van der Waals surface area contributed by atoms with Gasteiger partial charge in [0.1, 0.15) is 17.0 Å². The molecule has 0 amide bonds. The molecule has 1 aromatic rings. The number of nitrogens with zero attached hydrogens (tertiary/aromatic N) is 1. The van der Waals surface area contributed by atoms with Gasteiger partial charge in [-0.1, -0.05) is 12.8 Å². The van der Waals surface area contributed by atoms with Gasteiger partial charge in [0.25, 0.3) is 0 Å². The summed E-state index contributed by atoms with van der Waals surface area (Å²) in [6.07, 6.45) is 5.62. The number of rotatable bonds is 4. The lowest BCUT2D eigenvalue weighted by Gasteiger charge is -2.27. The third-order valence-electron chi connectivity index (χ3n) is 3.88. The number of ether oxygens (including phenoxy) is 2. The van der Waals surface area contributed by atoms with Crippen molar-refractivity contribution in [1.82, 2.24) is 0 Å². The van der Waals surface area contributed by atoms with E-state index in [1.807, 2.05) is 19.1 Å². The van der Waals surface area contributed by atoms with Gasteiger partial charge in [0.15, 0.2) is 0 Å². The number of aryl methyl sites for hydroxylation is 1. The summed E-state index contributed by atoms with van der Waals surface area (Å²) in [4.78, 5) is 14.9. The number of carbonyl (C=O) groups excluding carboxylic acids is 1. The van der Waals surface area contributed by atoms with Crippen LogP contribution >= 0.6 is 0 Å². The summed E-state index contributed by atoms with van der Waals surface area (Å²) in [5, 5.41) is 0. The average Bonchev–Trinajstić information content (AvgIpc) is 2.87. The van der Waals surface area contributed by atoms with Crippen LogP contribution in [-0.2, 0) is 10.3 Å². The van der Waals surface area contributed by atoms with E-state index in [1.165, 1.54) is 0 Å². The number of aliphatic imine (C=N–C) groups is 1. The van der Waals surface area contributed by atoms with E-state index in [0.29, 0.717) is 0 Å². The summed E-state index contributed by atoms with van der Waals surface area (Å²) in [7, 11) is 3.26. The molecule has 0 radical (unpaired) electrons. The fourth-order valence-electron chi connectivity index (χ4n) is 3.06. The molecule has 1 aliphatic rings. The summed E-state index contributed by atoms with van der Waals surface area (Å²) in [5.41, 5.74) is 1.57. The summed E-state index contributed by atoms with van der Waals surface area (Å²) in [5.74, 6) is 1.49. The Balaban J connectivity index is 2.62. The Morgan fingerprint density at radius 3 is 2.42 bits per heavy atom. The van der Waals surface area contributed by atoms with Crippen molar-refractivity contribution < 1.29 is 14.3 Å². The largest absolute Gasteiger partial charge is 0.497 e. The number of hydrogen-bond donors (Lipinski definition) is 0. The Morgan fingerprint density at radius 1 is 1.21 bits per heavy atom. The molecule has 0 unspecified atom stereocenters. The van der Waals surface area contributed by atoms with Gasteiger partial charge >= 0.3 is 0 Å². The van der Waals surface area contributed by atoms with E-state index in [1.54, 1.807) is 20.3 Å². The minimum absolute atomic E-state index is 0.469. The number of hydrogen-bond acceptors (Lipinski definition) is 4. The van der Waals surface area contributed by atoms with Crippen LogP contribution in [0, 0.1) is 6.92 Å². The highest BCUT2D eigenvalue weighted by Gasteiger charge is 2.39. The molecule has 0 spiro atoms. The minimum Gasteiger partial charge on any atom is -0.497 e. The van der Waals surface area contributed by atoms with Crippen LogP contribution in [0.15, 0.2) is 17.1 Å². The van der Waals surface area contributed by atoms with Crippen molar-refractivity contribution in [2.24, 2.45) is 4.99 Å². The smallest absolute Gasteiger partial charge is 0.235 e. The molecule has 0 bridgehead atoms. The molecule has 0 aromatic heterocycles. The topological polar surface area (TPSA) is 47.9 Å². The van der Waals surface area contributed by atoms with Crippen LogP contribution < -0.4 is 9.47 Å². The molecule has 102 valence electrons. The van der Waals surface area contributed by atoms with Gasteiger partial charge in [-0.05, 0) is 31.4 Å². The van der Waals surface area contributed by atoms with E-state index in [0.717, 1.165) is 48.3 Å². The van der Waals surface area contributed by atoms with Crippen molar-refractivity contribution in [2.75, 3.05) is 14.2 Å². The van der Waals surface area contributed by atoms with E-state index in [4.69, 9.17) is 9.47 Å². The van der Waals surface area contributed by atoms with Gasteiger partial charge in [-0.15, -0.1) is 0 Å². The molecule has 1 saturated carbocycles. The summed E-state index contributed by atoms with van der Waals surface area (Å²) < 4.78 is 10.7. The van der Waals surface area contributed by atoms with Crippen molar-refractivity contribution >= 4 is 6.08 Å². The van der Waals surface area contributed by atoms with Crippen LogP contribution in [0.5, 0.6) is 11.5 Å². The standard InChI is InChI=1S/C15H19NO3/c1-11-8-12(18-2)9-13(19-3)14(11)15(16-10-17)6-4-5-7-15/h8-9H,4-7H2,1-3H3. The zero-order valence-electron chi connectivity index (χ0n) is 11.7. The van der Waals surface area contributed by atoms with E-state index in [2.05, 4.69) is 4.99 Å². The molecule has 4 nitrogen and oxygen atoms in total. The van der Waals surface area contributed by atoms with Gasteiger partial charge in [-0.25, -0.2) is 4.79 Å². The van der Waals surface area contributed by atoms with Crippen molar-refractivity contribution in [1.29, 1.82) is 0 Å². The highest BCUT2D eigenvalue weighted by atomic mass is 16.5. The normalized spacial score (nSPS) is 16.8. The Hall–Kier alpha value is -1.80. The molecule has 1 aromatic carbocycles. The summed E-state index contributed by atoms with van der Waals surface area (Å²) >= 11 is 0. The van der Waals surface area contributed by atoms with Crippen molar-refractivity contribution in [3.63, 3.8) is 0 Å². The molecule has 1 fully saturated rings. The van der Waals surface area contributed by atoms with Crippen LogP contribution in [0.4, 0.5) is 0 Å². The second kappa shape index (κ2) is 5.45. The predicted molar refractivity (Wildman–Crippen MR) is 72.6 cm³/mol. The van der Waals surface area contributed by atoms with E-state index >= 15 is 0 Å². The molecule has 0 N–H and O–H groups in total. The molecule has 0 heterocycles.